The molecule has 0 unspecified atom stereocenters. The van der Waals surface area contributed by atoms with Gasteiger partial charge >= 0.3 is 0 Å². The van der Waals surface area contributed by atoms with E-state index >= 15 is 0 Å². The highest BCUT2D eigenvalue weighted by Gasteiger charge is 2.27. The molecule has 1 heterocycles. The Morgan fingerprint density at radius 3 is 2.52 bits per heavy atom. The number of hydrazone groups is 1. The fraction of sp³-hybridized carbons (Fsp3) is 0.136. The molecule has 0 bridgehead atoms. The molecule has 1 aromatic heterocycles. The second-order valence-electron chi connectivity index (χ2n) is 6.79. The molecule has 0 aliphatic heterocycles. The summed E-state index contributed by atoms with van der Waals surface area (Å²) in [4.78, 5) is 16.5. The molecule has 0 aliphatic carbocycles. The number of sulfonamides is 1. The predicted octanol–water partition coefficient (Wildman–Crippen LogP) is 3.38. The van der Waals surface area contributed by atoms with Gasteiger partial charge in [0, 0.05) is 24.0 Å². The topological polar surface area (TPSA) is 91.7 Å². The standard InChI is InChI=1S/C22H21ClN4O3S/c1-17-5-7-21(8-6-17)31(29,30)27(15-19-3-2-4-20(23)13-19)16-22(28)26-25-14-18-9-11-24-12-10-18/h2-14H,15-16H2,1H3,(H,26,28)/b25-14-. The summed E-state index contributed by atoms with van der Waals surface area (Å²) >= 11 is 6.04. The Morgan fingerprint density at radius 2 is 1.84 bits per heavy atom. The number of aryl methyl sites for hydroxylation is 1. The number of nitrogens with one attached hydrogen (secondary N) is 1. The summed E-state index contributed by atoms with van der Waals surface area (Å²) in [5, 5.41) is 4.37. The van der Waals surface area contributed by atoms with E-state index in [1.54, 1.807) is 60.9 Å². The average Bonchev–Trinajstić information content (AvgIpc) is 2.74. The van der Waals surface area contributed by atoms with Crippen LogP contribution in [0.5, 0.6) is 0 Å². The summed E-state index contributed by atoms with van der Waals surface area (Å²) in [6, 6.07) is 16.8. The summed E-state index contributed by atoms with van der Waals surface area (Å²) in [5.41, 5.74) is 4.71. The van der Waals surface area contributed by atoms with E-state index in [2.05, 4.69) is 15.5 Å². The van der Waals surface area contributed by atoms with Gasteiger partial charge in [0.15, 0.2) is 0 Å². The van der Waals surface area contributed by atoms with Crippen LogP contribution in [0.15, 0.2) is 83.1 Å². The molecule has 3 aromatic rings. The summed E-state index contributed by atoms with van der Waals surface area (Å²) in [6.07, 6.45) is 4.66. The van der Waals surface area contributed by atoms with E-state index in [1.807, 2.05) is 6.92 Å². The molecule has 1 amide bonds. The van der Waals surface area contributed by atoms with Crippen LogP contribution >= 0.6 is 11.6 Å². The number of rotatable bonds is 8. The van der Waals surface area contributed by atoms with E-state index in [9.17, 15) is 13.2 Å². The Morgan fingerprint density at radius 1 is 1.13 bits per heavy atom. The number of aromatic nitrogens is 1. The highest BCUT2D eigenvalue weighted by molar-refractivity contribution is 7.89. The van der Waals surface area contributed by atoms with Crippen LogP contribution in [0.4, 0.5) is 0 Å². The molecule has 0 spiro atoms. The molecule has 0 radical (unpaired) electrons. The van der Waals surface area contributed by atoms with Crippen LogP contribution in [-0.2, 0) is 21.4 Å². The monoisotopic (exact) mass is 456 g/mol. The third-order valence-corrected chi connectivity index (χ3v) is 6.38. The number of carbonyl (C=O) groups excluding carboxylic acids is 1. The van der Waals surface area contributed by atoms with Gasteiger partial charge in [-0.15, -0.1) is 0 Å². The fourth-order valence-electron chi connectivity index (χ4n) is 2.75. The van der Waals surface area contributed by atoms with Gasteiger partial charge in [-0.25, -0.2) is 13.8 Å². The maximum atomic E-state index is 13.2. The van der Waals surface area contributed by atoms with Crippen LogP contribution in [0, 0.1) is 6.92 Å². The highest BCUT2D eigenvalue weighted by Crippen LogP contribution is 2.20. The van der Waals surface area contributed by atoms with Crippen molar-refractivity contribution in [3.8, 4) is 0 Å². The molecule has 3 rings (SSSR count). The van der Waals surface area contributed by atoms with Crippen molar-refractivity contribution in [2.75, 3.05) is 6.54 Å². The van der Waals surface area contributed by atoms with Crippen molar-refractivity contribution >= 4 is 33.7 Å². The maximum absolute atomic E-state index is 13.2. The smallest absolute Gasteiger partial charge is 0.255 e. The minimum atomic E-state index is -3.93. The first kappa shape index (κ1) is 22.6. The first-order valence-corrected chi connectivity index (χ1v) is 11.2. The molecule has 9 heteroatoms. The molecular formula is C22H21ClN4O3S. The highest BCUT2D eigenvalue weighted by atomic mass is 35.5. The lowest BCUT2D eigenvalue weighted by atomic mass is 10.2. The lowest BCUT2D eigenvalue weighted by Gasteiger charge is -2.21. The number of hydrogen-bond donors (Lipinski definition) is 1. The molecule has 7 nitrogen and oxygen atoms in total. The van der Waals surface area contributed by atoms with Gasteiger partial charge in [-0.2, -0.15) is 9.41 Å². The Balaban J connectivity index is 1.80. The number of hydrogen-bond acceptors (Lipinski definition) is 5. The number of carbonyl (C=O) groups is 1. The summed E-state index contributed by atoms with van der Waals surface area (Å²) in [7, 11) is -3.93. The zero-order valence-corrected chi connectivity index (χ0v) is 18.3. The number of nitrogens with zero attached hydrogens (tertiary/aromatic N) is 3. The van der Waals surface area contributed by atoms with Crippen molar-refractivity contribution < 1.29 is 13.2 Å². The van der Waals surface area contributed by atoms with E-state index in [4.69, 9.17) is 11.6 Å². The fourth-order valence-corrected chi connectivity index (χ4v) is 4.35. The molecule has 0 saturated carbocycles. The van der Waals surface area contributed by atoms with Gasteiger partial charge in [-0.05, 0) is 54.4 Å². The van der Waals surface area contributed by atoms with Gasteiger partial charge < -0.3 is 0 Å². The number of amides is 1. The van der Waals surface area contributed by atoms with Crippen LogP contribution in [0.2, 0.25) is 5.02 Å². The molecule has 0 atom stereocenters. The third-order valence-electron chi connectivity index (χ3n) is 4.34. The SMILES string of the molecule is Cc1ccc(S(=O)(=O)N(CC(=O)N/N=C\c2ccncc2)Cc2cccc(Cl)c2)cc1. The largest absolute Gasteiger partial charge is 0.272 e. The molecule has 160 valence electrons. The van der Waals surface area contributed by atoms with Crippen LogP contribution < -0.4 is 5.43 Å². The number of pyridine rings is 1. The minimum Gasteiger partial charge on any atom is -0.272 e. The van der Waals surface area contributed by atoms with E-state index in [1.165, 1.54) is 18.3 Å². The zero-order valence-electron chi connectivity index (χ0n) is 16.8. The molecule has 0 fully saturated rings. The molecule has 1 N–H and O–H groups in total. The zero-order chi connectivity index (χ0) is 22.3. The Labute approximate surface area is 186 Å². The van der Waals surface area contributed by atoms with Crippen LogP contribution in [0.25, 0.3) is 0 Å². The van der Waals surface area contributed by atoms with Crippen molar-refractivity contribution in [2.45, 2.75) is 18.4 Å². The Bertz CT molecular complexity index is 1170. The summed E-state index contributed by atoms with van der Waals surface area (Å²) < 4.78 is 27.6. The van der Waals surface area contributed by atoms with Crippen molar-refractivity contribution in [1.82, 2.24) is 14.7 Å². The molecule has 0 saturated heterocycles. The molecule has 0 aliphatic rings. The van der Waals surface area contributed by atoms with Crippen LogP contribution in [0.3, 0.4) is 0 Å². The second-order valence-corrected chi connectivity index (χ2v) is 9.16. The van der Waals surface area contributed by atoms with Gasteiger partial charge in [0.1, 0.15) is 0 Å². The summed E-state index contributed by atoms with van der Waals surface area (Å²) in [5.74, 6) is -0.567. The van der Waals surface area contributed by atoms with Gasteiger partial charge in [0.2, 0.25) is 10.0 Å². The van der Waals surface area contributed by atoms with Crippen molar-refractivity contribution in [3.05, 3.63) is 94.8 Å². The number of benzene rings is 2. The van der Waals surface area contributed by atoms with Gasteiger partial charge in [0.05, 0.1) is 17.7 Å². The van der Waals surface area contributed by atoms with Crippen molar-refractivity contribution in [1.29, 1.82) is 0 Å². The lowest BCUT2D eigenvalue weighted by molar-refractivity contribution is -0.121. The van der Waals surface area contributed by atoms with E-state index in [-0.39, 0.29) is 11.4 Å². The van der Waals surface area contributed by atoms with Gasteiger partial charge in [-0.1, -0.05) is 41.4 Å². The minimum absolute atomic E-state index is 0.0156. The molecular weight excluding hydrogens is 436 g/mol. The lowest BCUT2D eigenvalue weighted by Crippen LogP contribution is -2.39. The predicted molar refractivity (Wildman–Crippen MR) is 120 cm³/mol. The van der Waals surface area contributed by atoms with Crippen LogP contribution in [0.1, 0.15) is 16.7 Å². The van der Waals surface area contributed by atoms with E-state index < -0.39 is 22.5 Å². The van der Waals surface area contributed by atoms with Gasteiger partial charge in [-0.3, -0.25) is 9.78 Å². The van der Waals surface area contributed by atoms with Gasteiger partial charge in [0.25, 0.3) is 5.91 Å². The second kappa shape index (κ2) is 10.3. The van der Waals surface area contributed by atoms with Crippen molar-refractivity contribution in [2.24, 2.45) is 5.10 Å². The Kier molecular flexibility index (Phi) is 7.51. The average molecular weight is 457 g/mol. The third kappa shape index (κ3) is 6.45. The quantitative estimate of drug-likeness (QED) is 0.415. The number of halogens is 1. The first-order valence-electron chi connectivity index (χ1n) is 9.38. The normalized spacial score (nSPS) is 11.7. The van der Waals surface area contributed by atoms with Crippen LogP contribution in [-0.4, -0.2) is 36.4 Å². The van der Waals surface area contributed by atoms with E-state index in [0.29, 0.717) is 10.6 Å². The van der Waals surface area contributed by atoms with E-state index in [0.717, 1.165) is 15.4 Å². The van der Waals surface area contributed by atoms with Crippen molar-refractivity contribution in [3.63, 3.8) is 0 Å². The molecule has 2 aromatic carbocycles. The Hall–Kier alpha value is -3.07. The summed E-state index contributed by atoms with van der Waals surface area (Å²) in [6.45, 7) is 1.45. The molecule has 31 heavy (non-hydrogen) atoms. The maximum Gasteiger partial charge on any atom is 0.255 e. The first-order chi connectivity index (χ1) is 14.8.